The minimum atomic E-state index is -3.27. The summed E-state index contributed by atoms with van der Waals surface area (Å²) >= 11 is 0. The van der Waals surface area contributed by atoms with E-state index >= 15 is 0 Å². The number of carbonyl (C=O) groups is 2. The molecule has 1 N–H and O–H groups in total. The van der Waals surface area contributed by atoms with E-state index in [0.717, 1.165) is 18.4 Å². The number of sulfonamides is 1. The zero-order valence-electron chi connectivity index (χ0n) is 15.4. The van der Waals surface area contributed by atoms with Gasteiger partial charge in [0, 0.05) is 25.3 Å². The van der Waals surface area contributed by atoms with Gasteiger partial charge in [-0.3, -0.25) is 14.6 Å². The van der Waals surface area contributed by atoms with Crippen molar-refractivity contribution in [2.75, 3.05) is 25.4 Å². The van der Waals surface area contributed by atoms with Gasteiger partial charge in [-0.05, 0) is 50.2 Å². The van der Waals surface area contributed by atoms with E-state index in [1.54, 1.807) is 19.2 Å². The van der Waals surface area contributed by atoms with Gasteiger partial charge in [0.1, 0.15) is 12.2 Å². The third kappa shape index (κ3) is 4.65. The largest absolute Gasteiger partial charge is 0.480 e. The molecule has 148 valence electrons. The molecule has 1 aliphatic heterocycles. The normalized spacial score (nSPS) is 19.0. The molecular formula is C18H25N3O5S. The summed E-state index contributed by atoms with van der Waals surface area (Å²) < 4.78 is 25.4. The van der Waals surface area contributed by atoms with Crippen LogP contribution in [0.4, 0.5) is 0 Å². The molecule has 1 aliphatic carbocycles. The lowest BCUT2D eigenvalue weighted by Gasteiger charge is -2.37. The second kappa shape index (κ2) is 7.93. The lowest BCUT2D eigenvalue weighted by Crippen LogP contribution is -2.50. The third-order valence-corrected chi connectivity index (χ3v) is 7.12. The Morgan fingerprint density at radius 2 is 1.89 bits per heavy atom. The fraction of sp³-hybridized carbons (Fsp3) is 0.611. The van der Waals surface area contributed by atoms with Crippen LogP contribution in [-0.2, 0) is 14.8 Å². The highest BCUT2D eigenvalue weighted by Gasteiger charge is 2.33. The predicted octanol–water partition coefficient (Wildman–Crippen LogP) is 1.30. The number of rotatable bonds is 7. The van der Waals surface area contributed by atoms with Crippen molar-refractivity contribution in [2.24, 2.45) is 0 Å². The van der Waals surface area contributed by atoms with Crippen LogP contribution in [0.3, 0.4) is 0 Å². The van der Waals surface area contributed by atoms with Crippen molar-refractivity contribution in [1.29, 1.82) is 0 Å². The van der Waals surface area contributed by atoms with Gasteiger partial charge in [0.25, 0.3) is 5.91 Å². The highest BCUT2D eigenvalue weighted by molar-refractivity contribution is 7.89. The number of carbonyl (C=O) groups excluding carboxylic acids is 1. The molecule has 1 saturated carbocycles. The van der Waals surface area contributed by atoms with Crippen LogP contribution in [0, 0.1) is 0 Å². The Labute approximate surface area is 159 Å². The van der Waals surface area contributed by atoms with E-state index in [1.807, 2.05) is 6.07 Å². The van der Waals surface area contributed by atoms with E-state index in [9.17, 15) is 23.1 Å². The van der Waals surface area contributed by atoms with Crippen LogP contribution >= 0.6 is 0 Å². The summed E-state index contributed by atoms with van der Waals surface area (Å²) in [6.07, 6.45) is 4.80. The van der Waals surface area contributed by atoms with Crippen molar-refractivity contribution < 1.29 is 23.1 Å². The maximum Gasteiger partial charge on any atom is 0.323 e. The molecule has 0 bridgehead atoms. The first-order chi connectivity index (χ1) is 12.8. The summed E-state index contributed by atoms with van der Waals surface area (Å²) in [6, 6.07) is 3.22. The first-order valence-corrected chi connectivity index (χ1v) is 10.9. The predicted molar refractivity (Wildman–Crippen MR) is 98.9 cm³/mol. The molecule has 0 aromatic carbocycles. The Hall–Kier alpha value is -2.00. The molecular weight excluding hydrogens is 370 g/mol. The Balaban J connectivity index is 1.71. The number of carboxylic acids is 1. The minimum absolute atomic E-state index is 0.0344. The molecule has 1 saturated heterocycles. The molecule has 0 spiro atoms. The number of hydrogen-bond acceptors (Lipinski definition) is 5. The Kier molecular flexibility index (Phi) is 5.81. The molecule has 1 amide bonds. The molecule has 3 rings (SSSR count). The van der Waals surface area contributed by atoms with E-state index < -0.39 is 28.4 Å². The number of pyridine rings is 1. The van der Waals surface area contributed by atoms with Gasteiger partial charge in [-0.1, -0.05) is 6.07 Å². The van der Waals surface area contributed by atoms with Gasteiger partial charge in [-0.25, -0.2) is 12.7 Å². The van der Waals surface area contributed by atoms with Crippen LogP contribution in [0.25, 0.3) is 0 Å². The van der Waals surface area contributed by atoms with Crippen molar-refractivity contribution >= 4 is 21.9 Å². The number of carboxylic acid groups (broad SMARTS) is 1. The standard InChI is InChI=1S/C18H25N3O5S/c1-2-27(25,26)20-9-7-15(8-10-20)21(12-17(22)23)18(24)16-6-5-14(11-19-16)13-3-4-13/h5-6,11,13,15H,2-4,7-10,12H2,1H3,(H,22,23). The molecule has 0 unspecified atom stereocenters. The Morgan fingerprint density at radius 1 is 1.22 bits per heavy atom. The molecule has 1 aromatic rings. The highest BCUT2D eigenvalue weighted by Crippen LogP contribution is 2.39. The molecule has 27 heavy (non-hydrogen) atoms. The number of hydrogen-bond donors (Lipinski definition) is 1. The molecule has 2 heterocycles. The maximum atomic E-state index is 12.9. The van der Waals surface area contributed by atoms with E-state index in [4.69, 9.17) is 0 Å². The van der Waals surface area contributed by atoms with E-state index in [1.165, 1.54) is 9.21 Å². The summed E-state index contributed by atoms with van der Waals surface area (Å²) in [5.41, 5.74) is 1.33. The molecule has 2 fully saturated rings. The van der Waals surface area contributed by atoms with Gasteiger partial charge >= 0.3 is 5.97 Å². The van der Waals surface area contributed by atoms with Crippen molar-refractivity contribution in [3.63, 3.8) is 0 Å². The molecule has 2 aliphatic rings. The lowest BCUT2D eigenvalue weighted by molar-refractivity contribution is -0.138. The number of nitrogens with zero attached hydrogens (tertiary/aromatic N) is 3. The smallest absolute Gasteiger partial charge is 0.323 e. The van der Waals surface area contributed by atoms with Crippen molar-refractivity contribution in [3.05, 3.63) is 29.6 Å². The number of aliphatic carboxylic acids is 1. The lowest BCUT2D eigenvalue weighted by atomic mass is 10.0. The summed E-state index contributed by atoms with van der Waals surface area (Å²) in [4.78, 5) is 29.7. The molecule has 8 nitrogen and oxygen atoms in total. The average molecular weight is 395 g/mol. The molecule has 0 atom stereocenters. The van der Waals surface area contributed by atoms with Crippen molar-refractivity contribution in [1.82, 2.24) is 14.2 Å². The Bertz CT molecular complexity index is 797. The van der Waals surface area contributed by atoms with Gasteiger partial charge in [0.2, 0.25) is 10.0 Å². The second-order valence-electron chi connectivity index (χ2n) is 7.11. The maximum absolute atomic E-state index is 12.9. The fourth-order valence-corrected chi connectivity index (χ4v) is 4.60. The van der Waals surface area contributed by atoms with Gasteiger partial charge in [-0.2, -0.15) is 0 Å². The van der Waals surface area contributed by atoms with Crippen molar-refractivity contribution in [3.8, 4) is 0 Å². The van der Waals surface area contributed by atoms with Crippen molar-refractivity contribution in [2.45, 2.75) is 44.6 Å². The monoisotopic (exact) mass is 395 g/mol. The van der Waals surface area contributed by atoms with Crippen LogP contribution < -0.4 is 0 Å². The highest BCUT2D eigenvalue weighted by atomic mass is 32.2. The second-order valence-corrected chi connectivity index (χ2v) is 9.37. The SMILES string of the molecule is CCS(=O)(=O)N1CCC(N(CC(=O)O)C(=O)c2ccc(C3CC3)cn2)CC1. The number of aromatic nitrogens is 1. The van der Waals surface area contributed by atoms with Crippen LogP contribution in [0.1, 0.15) is 54.6 Å². The zero-order valence-corrected chi connectivity index (χ0v) is 16.2. The minimum Gasteiger partial charge on any atom is -0.480 e. The average Bonchev–Trinajstić information content (AvgIpc) is 3.51. The fourth-order valence-electron chi connectivity index (χ4n) is 3.46. The summed E-state index contributed by atoms with van der Waals surface area (Å²) in [5, 5.41) is 9.23. The quantitative estimate of drug-likeness (QED) is 0.746. The number of piperidine rings is 1. The molecule has 1 aromatic heterocycles. The Morgan fingerprint density at radius 3 is 2.37 bits per heavy atom. The summed E-state index contributed by atoms with van der Waals surface area (Å²) in [7, 11) is -3.27. The van der Waals surface area contributed by atoms with Crippen LogP contribution in [0.5, 0.6) is 0 Å². The number of amides is 1. The van der Waals surface area contributed by atoms with Gasteiger partial charge in [0.15, 0.2) is 0 Å². The topological polar surface area (TPSA) is 108 Å². The van der Waals surface area contributed by atoms with E-state index in [0.29, 0.717) is 18.8 Å². The van der Waals surface area contributed by atoms with Gasteiger partial charge in [0.05, 0.1) is 5.75 Å². The molecule has 9 heteroatoms. The summed E-state index contributed by atoms with van der Waals surface area (Å²) in [6.45, 7) is 1.76. The van der Waals surface area contributed by atoms with Gasteiger partial charge < -0.3 is 10.0 Å². The zero-order chi connectivity index (χ0) is 19.6. The van der Waals surface area contributed by atoms with Crippen LogP contribution in [0.15, 0.2) is 18.3 Å². The van der Waals surface area contributed by atoms with E-state index in [2.05, 4.69) is 4.98 Å². The van der Waals surface area contributed by atoms with Crippen LogP contribution in [-0.4, -0.2) is 71.0 Å². The molecule has 0 radical (unpaired) electrons. The summed E-state index contributed by atoms with van der Waals surface area (Å²) in [5.74, 6) is -0.952. The first-order valence-electron chi connectivity index (χ1n) is 9.28. The first kappa shape index (κ1) is 19.8. The van der Waals surface area contributed by atoms with Crippen LogP contribution in [0.2, 0.25) is 0 Å². The van der Waals surface area contributed by atoms with E-state index in [-0.39, 0.29) is 30.6 Å². The van der Waals surface area contributed by atoms with Gasteiger partial charge in [-0.15, -0.1) is 0 Å². The third-order valence-electron chi connectivity index (χ3n) is 5.24.